The Labute approximate surface area is 305 Å². The van der Waals surface area contributed by atoms with Gasteiger partial charge in [-0.05, 0) is 60.2 Å². The third kappa shape index (κ3) is 6.96. The molecular weight excluding hydrogens is 678 g/mol. The van der Waals surface area contributed by atoms with Crippen LogP contribution in [0.5, 0.6) is 0 Å². The number of aromatic nitrogens is 5. The van der Waals surface area contributed by atoms with E-state index >= 15 is 4.39 Å². The van der Waals surface area contributed by atoms with E-state index in [-0.39, 0.29) is 40.9 Å². The fourth-order valence-corrected chi connectivity index (χ4v) is 7.32. The van der Waals surface area contributed by atoms with Crippen LogP contribution in [-0.4, -0.2) is 74.1 Å². The number of nitrogens with one attached hydrogen (secondary N) is 1. The summed E-state index contributed by atoms with van der Waals surface area (Å²) in [5.74, 6) is -0.767. The van der Waals surface area contributed by atoms with Crippen LogP contribution in [0.25, 0.3) is 27.7 Å². The first-order chi connectivity index (χ1) is 25.3. The van der Waals surface area contributed by atoms with Crippen molar-refractivity contribution in [3.63, 3.8) is 0 Å². The van der Waals surface area contributed by atoms with Crippen molar-refractivity contribution in [2.24, 2.45) is 7.05 Å². The molecule has 2 aromatic carbocycles. The first kappa shape index (κ1) is 35.7. The Kier molecular flexibility index (Phi) is 9.45. The molecule has 0 spiro atoms. The molecular formula is C38H39BFN8O5. The molecule has 2 aliphatic heterocycles. The maximum Gasteiger partial charge on any atom is 0.302 e. The Balaban J connectivity index is 1.24. The zero-order chi connectivity index (χ0) is 37.6. The molecule has 2 aliphatic rings. The normalized spacial score (nSPS) is 17.2. The summed E-state index contributed by atoms with van der Waals surface area (Å²) in [7, 11) is 3.13. The average molecular weight is 718 g/mol. The number of benzene rings is 2. The van der Waals surface area contributed by atoms with Gasteiger partial charge in [0.2, 0.25) is 0 Å². The van der Waals surface area contributed by atoms with Crippen LogP contribution >= 0.6 is 0 Å². The molecule has 2 fully saturated rings. The molecule has 3 aromatic heterocycles. The lowest BCUT2D eigenvalue weighted by atomic mass is 9.86. The summed E-state index contributed by atoms with van der Waals surface area (Å²) in [6.45, 7) is 8.44. The largest absolute Gasteiger partial charge is 0.461 e. The Bertz CT molecular complexity index is 2340. The number of fused-ring (bicyclic) bond motifs is 3. The molecule has 2 bridgehead atoms. The van der Waals surface area contributed by atoms with Gasteiger partial charge in [0, 0.05) is 55.7 Å². The number of hydrogen-bond acceptors (Lipinski definition) is 11. The second-order valence-electron chi connectivity index (χ2n) is 14.5. The van der Waals surface area contributed by atoms with E-state index < -0.39 is 22.9 Å². The standard InChI is InChI=1S/C38H39BFN8O5/c1-22(50)53-20-29-28(7-6-8-33(29)48-37(52)35-23(16-42-48)13-24(14-30(35)40)38(2,3)4)31-15-32(36(51)45(5)44-31)43-34-12-11-25(17-41-34)47-26-9-10-27(47)19-46(18-26)39-21-49/h6-8,11-17,21,26-27H,9-10,18-20H2,1-5H3,(H,41,43). The Morgan fingerprint density at radius 1 is 1.06 bits per heavy atom. The van der Waals surface area contributed by atoms with E-state index in [9.17, 15) is 19.2 Å². The van der Waals surface area contributed by atoms with Crippen molar-refractivity contribution >= 4 is 47.5 Å². The molecule has 2 saturated heterocycles. The number of carbonyl (C=O) groups excluding carboxylic acids is 2. The number of aryl methyl sites for hydroxylation is 1. The van der Waals surface area contributed by atoms with Gasteiger partial charge >= 0.3 is 5.97 Å². The number of anilines is 3. The lowest BCUT2D eigenvalue weighted by molar-refractivity contribution is -0.142. The van der Waals surface area contributed by atoms with Crippen molar-refractivity contribution < 1.29 is 18.7 Å². The van der Waals surface area contributed by atoms with Crippen LogP contribution in [0.15, 0.2) is 70.5 Å². The molecule has 13 nitrogen and oxygen atoms in total. The number of nitrogens with zero attached hydrogens (tertiary/aromatic N) is 7. The number of pyridine rings is 1. The van der Waals surface area contributed by atoms with E-state index in [2.05, 4.69) is 30.2 Å². The summed E-state index contributed by atoms with van der Waals surface area (Å²) in [5.41, 5.74) is 1.89. The fourth-order valence-electron chi connectivity index (χ4n) is 7.32. The van der Waals surface area contributed by atoms with Crippen LogP contribution in [0.2, 0.25) is 0 Å². The topological polar surface area (TPSA) is 145 Å². The van der Waals surface area contributed by atoms with Gasteiger partial charge < -0.3 is 24.6 Å². The summed E-state index contributed by atoms with van der Waals surface area (Å²) >= 11 is 0. The number of carbonyl (C=O) groups is 2. The van der Waals surface area contributed by atoms with Crippen molar-refractivity contribution in [1.82, 2.24) is 29.4 Å². The summed E-state index contributed by atoms with van der Waals surface area (Å²) in [4.78, 5) is 59.3. The number of hydrogen-bond donors (Lipinski definition) is 1. The zero-order valence-electron chi connectivity index (χ0n) is 30.2. The fraction of sp³-hybridized carbons (Fsp3) is 0.342. The number of rotatable bonds is 9. The van der Waals surface area contributed by atoms with Crippen molar-refractivity contribution in [1.29, 1.82) is 0 Å². The molecule has 0 aliphatic carbocycles. The Morgan fingerprint density at radius 2 is 1.81 bits per heavy atom. The van der Waals surface area contributed by atoms with Crippen LogP contribution in [-0.2, 0) is 33.4 Å². The molecule has 0 amide bonds. The summed E-state index contributed by atoms with van der Waals surface area (Å²) < 4.78 is 23.3. The van der Waals surface area contributed by atoms with Gasteiger partial charge in [-0.25, -0.2) is 14.1 Å². The quantitative estimate of drug-likeness (QED) is 0.133. The Hall–Kier alpha value is -5.70. The van der Waals surface area contributed by atoms with E-state index in [4.69, 9.17) is 4.74 Å². The second-order valence-corrected chi connectivity index (χ2v) is 14.5. The highest BCUT2D eigenvalue weighted by Crippen LogP contribution is 2.35. The van der Waals surface area contributed by atoms with Gasteiger partial charge in [-0.15, -0.1) is 0 Å². The van der Waals surface area contributed by atoms with E-state index in [0.717, 1.165) is 48.0 Å². The first-order valence-corrected chi connectivity index (χ1v) is 17.4. The lowest BCUT2D eigenvalue weighted by Gasteiger charge is -2.42. The molecule has 2 unspecified atom stereocenters. The van der Waals surface area contributed by atoms with Crippen LogP contribution in [0.1, 0.15) is 51.7 Å². The van der Waals surface area contributed by atoms with Gasteiger partial charge in [0.15, 0.2) is 0 Å². The van der Waals surface area contributed by atoms with Gasteiger partial charge in [-0.1, -0.05) is 32.9 Å². The SMILES string of the molecule is CC(=O)OCc1c(-c2cc(Nc3ccc(N4C5CCC4CN([B]C=O)C5)cn3)c(=O)n(C)n2)cccc1-n1ncc2cc(C(C)(C)C)cc(F)c2c1=O. The molecule has 271 valence electrons. The highest BCUT2D eigenvalue weighted by Gasteiger charge is 2.40. The molecule has 5 heterocycles. The van der Waals surface area contributed by atoms with Crippen LogP contribution in [0, 0.1) is 5.82 Å². The maximum atomic E-state index is 15.6. The van der Waals surface area contributed by atoms with Crippen molar-refractivity contribution in [3.8, 4) is 16.9 Å². The van der Waals surface area contributed by atoms with Crippen LogP contribution < -0.4 is 21.3 Å². The lowest BCUT2D eigenvalue weighted by Crippen LogP contribution is -2.55. The van der Waals surface area contributed by atoms with Crippen LogP contribution in [0.4, 0.5) is 21.6 Å². The van der Waals surface area contributed by atoms with Gasteiger partial charge in [0.25, 0.3) is 18.5 Å². The van der Waals surface area contributed by atoms with E-state index in [1.54, 1.807) is 43.9 Å². The van der Waals surface area contributed by atoms with Crippen molar-refractivity contribution in [3.05, 3.63) is 98.6 Å². The minimum absolute atomic E-state index is 0.117. The molecule has 15 heteroatoms. The second kappa shape index (κ2) is 14.0. The predicted octanol–water partition coefficient (Wildman–Crippen LogP) is 4.25. The van der Waals surface area contributed by atoms with E-state index in [1.807, 2.05) is 32.9 Å². The maximum absolute atomic E-state index is 15.6. The first-order valence-electron chi connectivity index (χ1n) is 17.4. The molecule has 0 saturated carbocycles. The summed E-state index contributed by atoms with van der Waals surface area (Å²) in [5, 5.41) is 12.3. The smallest absolute Gasteiger partial charge is 0.302 e. The monoisotopic (exact) mass is 717 g/mol. The van der Waals surface area contributed by atoms with Gasteiger partial charge in [-0.2, -0.15) is 14.9 Å². The van der Waals surface area contributed by atoms with Crippen molar-refractivity contribution in [2.75, 3.05) is 23.3 Å². The molecule has 5 aromatic rings. The number of ether oxygens (including phenoxy) is 1. The molecule has 1 N–H and O–H groups in total. The zero-order valence-corrected chi connectivity index (χ0v) is 30.2. The van der Waals surface area contributed by atoms with Crippen LogP contribution in [0.3, 0.4) is 0 Å². The van der Waals surface area contributed by atoms with Crippen molar-refractivity contribution in [2.45, 2.75) is 64.6 Å². The number of halogens is 1. The van der Waals surface area contributed by atoms with Gasteiger partial charge in [0.1, 0.15) is 23.9 Å². The predicted molar refractivity (Wildman–Crippen MR) is 201 cm³/mol. The Morgan fingerprint density at radius 3 is 2.47 bits per heavy atom. The minimum Gasteiger partial charge on any atom is -0.461 e. The highest BCUT2D eigenvalue weighted by atomic mass is 19.1. The molecule has 7 rings (SSSR count). The number of esters is 1. The molecule has 2 atom stereocenters. The van der Waals surface area contributed by atoms with Gasteiger partial charge in [-0.3, -0.25) is 14.4 Å². The highest BCUT2D eigenvalue weighted by molar-refractivity contribution is 6.64. The molecule has 53 heavy (non-hydrogen) atoms. The summed E-state index contributed by atoms with van der Waals surface area (Å²) in [6.07, 6.45) is 6.12. The van der Waals surface area contributed by atoms with Gasteiger partial charge in [0.05, 0.1) is 41.0 Å². The minimum atomic E-state index is -0.679. The third-order valence-corrected chi connectivity index (χ3v) is 9.93. The summed E-state index contributed by atoms with van der Waals surface area (Å²) in [6, 6.07) is 14.1. The number of piperazine rings is 1. The van der Waals surface area contributed by atoms with E-state index in [0.29, 0.717) is 28.0 Å². The molecule has 1 radical (unpaired) electrons. The average Bonchev–Trinajstić information content (AvgIpc) is 3.38. The third-order valence-electron chi connectivity index (χ3n) is 9.93. The van der Waals surface area contributed by atoms with E-state index in [1.165, 1.54) is 30.9 Å².